The van der Waals surface area contributed by atoms with E-state index in [2.05, 4.69) is 10.6 Å². The summed E-state index contributed by atoms with van der Waals surface area (Å²) >= 11 is 0. The van der Waals surface area contributed by atoms with Crippen molar-refractivity contribution in [3.63, 3.8) is 0 Å². The number of benzene rings is 1. The molecular weight excluding hydrogens is 270 g/mol. The molecule has 1 atom stereocenters. The zero-order valence-corrected chi connectivity index (χ0v) is 12.2. The predicted octanol–water partition coefficient (Wildman–Crippen LogP) is 2.30. The van der Waals surface area contributed by atoms with Gasteiger partial charge in [0, 0.05) is 30.1 Å². The van der Waals surface area contributed by atoms with Gasteiger partial charge in [-0.15, -0.1) is 0 Å². The summed E-state index contributed by atoms with van der Waals surface area (Å²) in [5.41, 5.74) is 0.800. The van der Waals surface area contributed by atoms with Crippen molar-refractivity contribution < 1.29 is 9.72 Å². The highest BCUT2D eigenvalue weighted by Gasteiger charge is 2.22. The van der Waals surface area contributed by atoms with Crippen molar-refractivity contribution in [2.75, 3.05) is 6.54 Å². The molecule has 1 amide bonds. The number of hydrogen-bond donors (Lipinski definition) is 2. The molecule has 0 spiro atoms. The van der Waals surface area contributed by atoms with E-state index < -0.39 is 0 Å². The Kier molecular flexibility index (Phi) is 5.27. The molecule has 21 heavy (non-hydrogen) atoms. The first-order valence-corrected chi connectivity index (χ1v) is 7.34. The Bertz CT molecular complexity index is 515. The van der Waals surface area contributed by atoms with Crippen molar-refractivity contribution in [2.45, 2.75) is 44.7 Å². The summed E-state index contributed by atoms with van der Waals surface area (Å²) in [6, 6.07) is 7.02. The van der Waals surface area contributed by atoms with Crippen molar-refractivity contribution in [3.05, 3.63) is 39.9 Å². The van der Waals surface area contributed by atoms with Gasteiger partial charge in [0.15, 0.2) is 0 Å². The summed E-state index contributed by atoms with van der Waals surface area (Å²) in [6.07, 6.45) is 3.41. The molecule has 0 heterocycles. The van der Waals surface area contributed by atoms with Gasteiger partial charge >= 0.3 is 0 Å². The average Bonchev–Trinajstić information content (AvgIpc) is 3.27. The third-order valence-electron chi connectivity index (χ3n) is 3.57. The molecule has 1 aromatic carbocycles. The first kappa shape index (κ1) is 15.4. The number of para-hydroxylation sites is 1. The second-order valence-electron chi connectivity index (χ2n) is 5.44. The molecule has 6 nitrogen and oxygen atoms in total. The van der Waals surface area contributed by atoms with Crippen LogP contribution in [-0.2, 0) is 4.79 Å². The van der Waals surface area contributed by atoms with Crippen LogP contribution >= 0.6 is 0 Å². The highest BCUT2D eigenvalue weighted by molar-refractivity contribution is 5.76. The van der Waals surface area contributed by atoms with Crippen LogP contribution in [0.5, 0.6) is 0 Å². The maximum absolute atomic E-state index is 11.5. The van der Waals surface area contributed by atoms with Crippen molar-refractivity contribution >= 4 is 11.6 Å². The van der Waals surface area contributed by atoms with Crippen LogP contribution in [-0.4, -0.2) is 23.4 Å². The molecule has 6 heteroatoms. The van der Waals surface area contributed by atoms with Gasteiger partial charge in [0.05, 0.1) is 4.92 Å². The number of carbonyl (C=O) groups excluding carboxylic acids is 1. The molecule has 0 saturated heterocycles. The first-order chi connectivity index (χ1) is 10.1. The van der Waals surface area contributed by atoms with Gasteiger partial charge in [0.1, 0.15) is 0 Å². The lowest BCUT2D eigenvalue weighted by atomic mass is 10.1. The van der Waals surface area contributed by atoms with Gasteiger partial charge in [-0.1, -0.05) is 18.2 Å². The van der Waals surface area contributed by atoms with Crippen molar-refractivity contribution in [1.29, 1.82) is 0 Å². The number of amides is 1. The monoisotopic (exact) mass is 291 g/mol. The fraction of sp³-hybridized carbons (Fsp3) is 0.533. The Morgan fingerprint density at radius 3 is 2.81 bits per heavy atom. The highest BCUT2D eigenvalue weighted by Crippen LogP contribution is 2.24. The average molecular weight is 291 g/mol. The van der Waals surface area contributed by atoms with E-state index in [4.69, 9.17) is 0 Å². The Balaban J connectivity index is 1.75. The quantitative estimate of drug-likeness (QED) is 0.437. The molecule has 1 saturated carbocycles. The van der Waals surface area contributed by atoms with Crippen LogP contribution in [0.15, 0.2) is 24.3 Å². The van der Waals surface area contributed by atoms with Gasteiger partial charge in [-0.05, 0) is 32.7 Å². The molecule has 1 unspecified atom stereocenters. The van der Waals surface area contributed by atoms with Gasteiger partial charge in [-0.3, -0.25) is 14.9 Å². The van der Waals surface area contributed by atoms with Crippen LogP contribution in [0.1, 0.15) is 44.2 Å². The van der Waals surface area contributed by atoms with Crippen LogP contribution in [0.4, 0.5) is 5.69 Å². The second kappa shape index (κ2) is 7.17. The van der Waals surface area contributed by atoms with Crippen molar-refractivity contribution in [1.82, 2.24) is 10.6 Å². The lowest BCUT2D eigenvalue weighted by Crippen LogP contribution is -2.27. The second-order valence-corrected chi connectivity index (χ2v) is 5.44. The number of hydrogen-bond acceptors (Lipinski definition) is 4. The summed E-state index contributed by atoms with van der Waals surface area (Å²) in [5.74, 6) is 0.0950. The molecule has 1 fully saturated rings. The molecule has 0 aromatic heterocycles. The molecule has 0 bridgehead atoms. The third kappa shape index (κ3) is 4.82. The van der Waals surface area contributed by atoms with Crippen LogP contribution in [0.3, 0.4) is 0 Å². The number of nitro benzene ring substituents is 1. The summed E-state index contributed by atoms with van der Waals surface area (Å²) < 4.78 is 0. The normalized spacial score (nSPS) is 15.5. The summed E-state index contributed by atoms with van der Waals surface area (Å²) in [6.45, 7) is 2.55. The van der Waals surface area contributed by atoms with Gasteiger partial charge in [0.25, 0.3) is 5.69 Å². The van der Waals surface area contributed by atoms with E-state index in [1.165, 1.54) is 6.07 Å². The Labute approximate surface area is 124 Å². The van der Waals surface area contributed by atoms with E-state index in [0.29, 0.717) is 24.6 Å². The first-order valence-electron chi connectivity index (χ1n) is 7.34. The fourth-order valence-electron chi connectivity index (χ4n) is 2.22. The van der Waals surface area contributed by atoms with E-state index in [1.54, 1.807) is 18.2 Å². The van der Waals surface area contributed by atoms with E-state index in [0.717, 1.165) is 19.3 Å². The predicted molar refractivity (Wildman–Crippen MR) is 79.9 cm³/mol. The number of nitrogens with one attached hydrogen (secondary N) is 2. The van der Waals surface area contributed by atoms with E-state index in [1.807, 2.05) is 6.92 Å². The standard InChI is InChI=1S/C15H21N3O3/c1-11(13-5-2-3-6-14(13)18(20)21)16-10-4-7-15(19)17-12-8-9-12/h2-3,5-6,11-12,16H,4,7-10H2,1H3,(H,17,19). The number of rotatable bonds is 8. The van der Waals surface area contributed by atoms with Crippen molar-refractivity contribution in [2.24, 2.45) is 0 Å². The minimum absolute atomic E-state index is 0.0950. The van der Waals surface area contributed by atoms with Crippen LogP contribution < -0.4 is 10.6 Å². The minimum Gasteiger partial charge on any atom is -0.353 e. The number of nitro groups is 1. The smallest absolute Gasteiger partial charge is 0.274 e. The lowest BCUT2D eigenvalue weighted by Gasteiger charge is -2.14. The fourth-order valence-corrected chi connectivity index (χ4v) is 2.22. The van der Waals surface area contributed by atoms with E-state index in [-0.39, 0.29) is 22.6 Å². The number of nitrogens with zero attached hydrogens (tertiary/aromatic N) is 1. The topological polar surface area (TPSA) is 84.3 Å². The lowest BCUT2D eigenvalue weighted by molar-refractivity contribution is -0.385. The Hall–Kier alpha value is -1.95. The Morgan fingerprint density at radius 1 is 1.43 bits per heavy atom. The summed E-state index contributed by atoms with van der Waals surface area (Å²) in [5, 5.41) is 17.2. The van der Waals surface area contributed by atoms with Crippen LogP contribution in [0, 0.1) is 10.1 Å². The molecule has 2 rings (SSSR count). The maximum Gasteiger partial charge on any atom is 0.274 e. The van der Waals surface area contributed by atoms with Crippen molar-refractivity contribution in [3.8, 4) is 0 Å². The minimum atomic E-state index is -0.364. The molecule has 2 N–H and O–H groups in total. The van der Waals surface area contributed by atoms with E-state index >= 15 is 0 Å². The Morgan fingerprint density at radius 2 is 2.14 bits per heavy atom. The molecule has 0 aliphatic heterocycles. The van der Waals surface area contributed by atoms with E-state index in [9.17, 15) is 14.9 Å². The molecular formula is C15H21N3O3. The van der Waals surface area contributed by atoms with Gasteiger partial charge in [-0.25, -0.2) is 0 Å². The maximum atomic E-state index is 11.5. The van der Waals surface area contributed by atoms with Crippen LogP contribution in [0.25, 0.3) is 0 Å². The molecule has 1 aliphatic rings. The largest absolute Gasteiger partial charge is 0.353 e. The van der Waals surface area contributed by atoms with Gasteiger partial charge in [-0.2, -0.15) is 0 Å². The molecule has 114 valence electrons. The zero-order chi connectivity index (χ0) is 15.2. The number of carbonyl (C=O) groups is 1. The SMILES string of the molecule is CC(NCCCC(=O)NC1CC1)c1ccccc1[N+](=O)[O-]. The third-order valence-corrected chi connectivity index (χ3v) is 3.57. The molecule has 0 radical (unpaired) electrons. The summed E-state index contributed by atoms with van der Waals surface area (Å²) in [7, 11) is 0. The van der Waals surface area contributed by atoms with Gasteiger partial charge < -0.3 is 10.6 Å². The molecule has 1 aromatic rings. The van der Waals surface area contributed by atoms with Gasteiger partial charge in [0.2, 0.25) is 5.91 Å². The zero-order valence-electron chi connectivity index (χ0n) is 12.2. The van der Waals surface area contributed by atoms with Crippen LogP contribution in [0.2, 0.25) is 0 Å². The highest BCUT2D eigenvalue weighted by atomic mass is 16.6. The summed E-state index contributed by atoms with van der Waals surface area (Å²) in [4.78, 5) is 22.1. The molecule has 1 aliphatic carbocycles.